The van der Waals surface area contributed by atoms with Gasteiger partial charge in [0.05, 0.1) is 26.0 Å². The maximum atomic E-state index is 12.3. The van der Waals surface area contributed by atoms with Gasteiger partial charge in [0.25, 0.3) is 11.2 Å². The van der Waals surface area contributed by atoms with Crippen molar-refractivity contribution < 1.29 is 15.2 Å². The second-order valence-corrected chi connectivity index (χ2v) is 6.25. The van der Waals surface area contributed by atoms with Gasteiger partial charge in [-0.2, -0.15) is 0 Å². The molecule has 1 atom stereocenters. The Kier molecular flexibility index (Phi) is 5.08. The molecule has 3 N–H and O–H groups in total. The quantitative estimate of drug-likeness (QED) is 0.262. The first kappa shape index (κ1) is 18.8. The largest absolute Gasteiger partial charge is 0.410 e. The zero-order chi connectivity index (χ0) is 19.7. The van der Waals surface area contributed by atoms with E-state index in [0.717, 1.165) is 6.07 Å². The van der Waals surface area contributed by atoms with Crippen molar-refractivity contribution in [2.45, 2.75) is 6.10 Å². The molecular formula is C16H10Cl2N4O5. The zero-order valence-electron chi connectivity index (χ0n) is 13.3. The fourth-order valence-electron chi connectivity index (χ4n) is 2.43. The molecule has 2 aromatic carbocycles. The average Bonchev–Trinajstić information content (AvgIpc) is 2.64. The van der Waals surface area contributed by atoms with Crippen LogP contribution < -0.4 is 5.56 Å². The number of fused-ring (bicyclic) bond motifs is 1. The summed E-state index contributed by atoms with van der Waals surface area (Å²) < 4.78 is 0. The molecule has 0 fully saturated rings. The van der Waals surface area contributed by atoms with Gasteiger partial charge >= 0.3 is 0 Å². The second kappa shape index (κ2) is 7.31. The summed E-state index contributed by atoms with van der Waals surface area (Å²) in [5.74, 6) is 0. The molecule has 0 spiro atoms. The predicted molar refractivity (Wildman–Crippen MR) is 98.8 cm³/mol. The van der Waals surface area contributed by atoms with Gasteiger partial charge in [0.2, 0.25) is 0 Å². The number of rotatable bonds is 4. The molecule has 0 saturated heterocycles. The number of non-ortho nitro benzene ring substituents is 1. The van der Waals surface area contributed by atoms with Gasteiger partial charge in [-0.05, 0) is 23.8 Å². The van der Waals surface area contributed by atoms with Crippen molar-refractivity contribution in [2.75, 3.05) is 0 Å². The highest BCUT2D eigenvalue weighted by molar-refractivity contribution is 6.42. The first-order valence-corrected chi connectivity index (χ1v) is 8.11. The number of hydrogen-bond acceptors (Lipinski definition) is 7. The molecule has 1 heterocycles. The van der Waals surface area contributed by atoms with Crippen LogP contribution in [0, 0.1) is 10.1 Å². The van der Waals surface area contributed by atoms with Gasteiger partial charge < -0.3 is 15.3 Å². The third-order valence-electron chi connectivity index (χ3n) is 3.76. The molecule has 0 radical (unpaired) electrons. The molecule has 0 aliphatic carbocycles. The number of aromatic amines is 1. The van der Waals surface area contributed by atoms with Crippen LogP contribution in [-0.4, -0.2) is 30.9 Å². The summed E-state index contributed by atoms with van der Waals surface area (Å²) in [7, 11) is 0. The highest BCUT2D eigenvalue weighted by Gasteiger charge is 2.24. The SMILES string of the molecule is O=c1[nH]c2cc([N+](=O)[O-])ccc2nc1/C(=N\O)[C@@H](O)c1ccc(Cl)c(Cl)c1. The maximum absolute atomic E-state index is 12.3. The van der Waals surface area contributed by atoms with E-state index in [0.29, 0.717) is 0 Å². The molecule has 0 bridgehead atoms. The molecule has 0 aliphatic heterocycles. The van der Waals surface area contributed by atoms with Gasteiger partial charge in [0, 0.05) is 12.1 Å². The van der Waals surface area contributed by atoms with E-state index in [4.69, 9.17) is 23.2 Å². The minimum Gasteiger partial charge on any atom is -0.410 e. The van der Waals surface area contributed by atoms with Crippen LogP contribution in [0.5, 0.6) is 0 Å². The molecule has 0 aliphatic rings. The number of H-pyrrole nitrogens is 1. The number of nitrogens with one attached hydrogen (secondary N) is 1. The number of aromatic nitrogens is 2. The van der Waals surface area contributed by atoms with Crippen molar-refractivity contribution in [3.63, 3.8) is 0 Å². The van der Waals surface area contributed by atoms with Crippen LogP contribution in [0.2, 0.25) is 10.0 Å². The molecule has 0 amide bonds. The Morgan fingerprint density at radius 1 is 1.22 bits per heavy atom. The van der Waals surface area contributed by atoms with E-state index in [9.17, 15) is 25.2 Å². The summed E-state index contributed by atoms with van der Waals surface area (Å²) in [6.45, 7) is 0. The van der Waals surface area contributed by atoms with Crippen LogP contribution in [0.4, 0.5) is 5.69 Å². The van der Waals surface area contributed by atoms with Crippen LogP contribution in [0.1, 0.15) is 17.4 Å². The van der Waals surface area contributed by atoms with Crippen molar-refractivity contribution >= 4 is 45.6 Å². The lowest BCUT2D eigenvalue weighted by atomic mass is 10.0. The van der Waals surface area contributed by atoms with Gasteiger partial charge in [0.1, 0.15) is 11.8 Å². The minimum atomic E-state index is -1.52. The average molecular weight is 409 g/mol. The highest BCUT2D eigenvalue weighted by Crippen LogP contribution is 2.27. The number of oxime groups is 1. The molecule has 27 heavy (non-hydrogen) atoms. The molecular weight excluding hydrogens is 399 g/mol. The Morgan fingerprint density at radius 3 is 2.59 bits per heavy atom. The number of halogens is 2. The standard InChI is InChI=1S/C16H10Cl2N4O5/c17-9-3-1-7(5-10(9)18)15(23)13(21-25)14-16(24)20-12-6-8(22(26)27)2-4-11(12)19-14/h1-6,15,23,25H,(H,20,24)/b21-13+/t15-/m0/s1. The van der Waals surface area contributed by atoms with E-state index < -0.39 is 22.3 Å². The van der Waals surface area contributed by atoms with E-state index in [1.54, 1.807) is 0 Å². The van der Waals surface area contributed by atoms with Crippen LogP contribution >= 0.6 is 23.2 Å². The smallest absolute Gasteiger partial charge is 0.276 e. The Labute approximate surface area is 160 Å². The molecule has 0 saturated carbocycles. The highest BCUT2D eigenvalue weighted by atomic mass is 35.5. The Morgan fingerprint density at radius 2 is 1.96 bits per heavy atom. The van der Waals surface area contributed by atoms with Crippen molar-refractivity contribution in [1.82, 2.24) is 9.97 Å². The van der Waals surface area contributed by atoms with Crippen LogP contribution in [0.15, 0.2) is 46.3 Å². The van der Waals surface area contributed by atoms with Gasteiger partial charge in [-0.1, -0.05) is 34.4 Å². The van der Waals surface area contributed by atoms with Crippen LogP contribution in [0.3, 0.4) is 0 Å². The molecule has 11 heteroatoms. The van der Waals surface area contributed by atoms with E-state index in [2.05, 4.69) is 15.1 Å². The molecule has 3 rings (SSSR count). The Balaban J connectivity index is 2.09. The number of aliphatic hydroxyl groups is 1. The maximum Gasteiger partial charge on any atom is 0.276 e. The van der Waals surface area contributed by atoms with Crippen molar-refractivity contribution in [3.05, 3.63) is 78.2 Å². The lowest BCUT2D eigenvalue weighted by Crippen LogP contribution is -2.25. The summed E-state index contributed by atoms with van der Waals surface area (Å²) in [5, 5.41) is 34.1. The lowest BCUT2D eigenvalue weighted by Gasteiger charge is -2.13. The van der Waals surface area contributed by atoms with E-state index >= 15 is 0 Å². The minimum absolute atomic E-state index is 0.124. The Hall–Kier alpha value is -3.01. The Bertz CT molecular complexity index is 1150. The van der Waals surface area contributed by atoms with Crippen molar-refractivity contribution in [2.24, 2.45) is 5.16 Å². The number of hydrogen-bond donors (Lipinski definition) is 3. The summed E-state index contributed by atoms with van der Waals surface area (Å²) in [6.07, 6.45) is -1.52. The number of nitro benzene ring substituents is 1. The molecule has 138 valence electrons. The zero-order valence-corrected chi connectivity index (χ0v) is 14.8. The van der Waals surface area contributed by atoms with Crippen molar-refractivity contribution in [3.8, 4) is 0 Å². The van der Waals surface area contributed by atoms with E-state index in [1.807, 2.05) is 0 Å². The second-order valence-electron chi connectivity index (χ2n) is 5.43. The van der Waals surface area contributed by atoms with E-state index in [-0.39, 0.29) is 38.0 Å². The third-order valence-corrected chi connectivity index (χ3v) is 4.49. The van der Waals surface area contributed by atoms with Gasteiger partial charge in [0.15, 0.2) is 5.69 Å². The normalized spacial score (nSPS) is 12.9. The van der Waals surface area contributed by atoms with Crippen LogP contribution in [-0.2, 0) is 0 Å². The summed E-state index contributed by atoms with van der Waals surface area (Å²) >= 11 is 11.8. The van der Waals surface area contributed by atoms with Crippen LogP contribution in [0.25, 0.3) is 11.0 Å². The van der Waals surface area contributed by atoms with E-state index in [1.165, 1.54) is 30.3 Å². The first-order chi connectivity index (χ1) is 12.8. The molecule has 0 unspecified atom stereocenters. The van der Waals surface area contributed by atoms with Gasteiger partial charge in [-0.3, -0.25) is 14.9 Å². The summed E-state index contributed by atoms with van der Waals surface area (Å²) in [5.41, 5.74) is -1.24. The first-order valence-electron chi connectivity index (χ1n) is 7.35. The predicted octanol–water partition coefficient (Wildman–Crippen LogP) is 3.05. The fraction of sp³-hybridized carbons (Fsp3) is 0.0625. The lowest BCUT2D eigenvalue weighted by molar-refractivity contribution is -0.384. The number of nitro groups is 1. The monoisotopic (exact) mass is 408 g/mol. The summed E-state index contributed by atoms with van der Waals surface area (Å²) in [6, 6.07) is 7.93. The fourth-order valence-corrected chi connectivity index (χ4v) is 2.74. The molecule has 1 aromatic heterocycles. The van der Waals surface area contributed by atoms with Gasteiger partial charge in [-0.15, -0.1) is 0 Å². The topological polar surface area (TPSA) is 142 Å². The summed E-state index contributed by atoms with van der Waals surface area (Å²) in [4.78, 5) is 29.0. The van der Waals surface area contributed by atoms with Gasteiger partial charge in [-0.25, -0.2) is 4.98 Å². The number of benzene rings is 2. The molecule has 3 aromatic rings. The number of aliphatic hydroxyl groups excluding tert-OH is 1. The van der Waals surface area contributed by atoms with Crippen molar-refractivity contribution in [1.29, 1.82) is 0 Å². The third kappa shape index (κ3) is 3.61. The number of nitrogens with zero attached hydrogens (tertiary/aromatic N) is 3. The molecule has 9 nitrogen and oxygen atoms in total.